The molecule has 0 saturated heterocycles. The Morgan fingerprint density at radius 2 is 1.89 bits per heavy atom. The molecule has 2 nitrogen and oxygen atoms in total. The average Bonchev–Trinajstić information content (AvgIpc) is 2.37. The maximum Gasteiger partial charge on any atom is 0.252 e. The van der Waals surface area contributed by atoms with Crippen LogP contribution in [0.1, 0.15) is 15.9 Å². The van der Waals surface area contributed by atoms with Crippen molar-refractivity contribution in [3.63, 3.8) is 0 Å². The SMILES string of the molecule is O=C(NCc1ccccc1Br)c1ccc(Br)cc1S. The molecule has 0 atom stereocenters. The highest BCUT2D eigenvalue weighted by Gasteiger charge is 2.10. The molecule has 98 valence electrons. The van der Waals surface area contributed by atoms with Crippen LogP contribution in [0.3, 0.4) is 0 Å². The van der Waals surface area contributed by atoms with Crippen molar-refractivity contribution in [2.24, 2.45) is 0 Å². The highest BCUT2D eigenvalue weighted by molar-refractivity contribution is 9.10. The Balaban J connectivity index is 2.08. The molecule has 0 radical (unpaired) electrons. The summed E-state index contributed by atoms with van der Waals surface area (Å²) in [7, 11) is 0. The van der Waals surface area contributed by atoms with Crippen molar-refractivity contribution in [2.45, 2.75) is 11.4 Å². The number of thiol groups is 1. The lowest BCUT2D eigenvalue weighted by Crippen LogP contribution is -2.23. The summed E-state index contributed by atoms with van der Waals surface area (Å²) in [5, 5.41) is 2.88. The van der Waals surface area contributed by atoms with Crippen molar-refractivity contribution < 1.29 is 4.79 Å². The third-order valence-electron chi connectivity index (χ3n) is 2.60. The van der Waals surface area contributed by atoms with Crippen LogP contribution in [0.4, 0.5) is 0 Å². The van der Waals surface area contributed by atoms with Crippen molar-refractivity contribution in [1.82, 2.24) is 5.32 Å². The van der Waals surface area contributed by atoms with Crippen LogP contribution in [-0.4, -0.2) is 5.91 Å². The molecule has 2 aromatic rings. The molecule has 2 rings (SSSR count). The maximum absolute atomic E-state index is 12.1. The molecule has 1 amide bonds. The molecular weight excluding hydrogens is 390 g/mol. The van der Waals surface area contributed by atoms with Crippen molar-refractivity contribution in [3.05, 3.63) is 62.5 Å². The number of benzene rings is 2. The number of hydrogen-bond donors (Lipinski definition) is 2. The second-order valence-corrected chi connectivity index (χ2v) is 6.19. The van der Waals surface area contributed by atoms with Crippen LogP contribution in [0.25, 0.3) is 0 Å². The van der Waals surface area contributed by atoms with E-state index in [1.54, 1.807) is 12.1 Å². The van der Waals surface area contributed by atoms with Gasteiger partial charge in [0.2, 0.25) is 0 Å². The summed E-state index contributed by atoms with van der Waals surface area (Å²) >= 11 is 11.1. The quantitative estimate of drug-likeness (QED) is 0.733. The molecule has 1 N–H and O–H groups in total. The average molecular weight is 401 g/mol. The Kier molecular flexibility index (Phi) is 5.07. The summed E-state index contributed by atoms with van der Waals surface area (Å²) in [6.07, 6.45) is 0. The van der Waals surface area contributed by atoms with Crippen LogP contribution in [0, 0.1) is 0 Å². The summed E-state index contributed by atoms with van der Waals surface area (Å²) in [5.41, 5.74) is 1.60. The van der Waals surface area contributed by atoms with E-state index in [1.807, 2.05) is 30.3 Å². The van der Waals surface area contributed by atoms with Gasteiger partial charge in [-0.05, 0) is 29.8 Å². The van der Waals surface area contributed by atoms with E-state index < -0.39 is 0 Å². The first-order valence-electron chi connectivity index (χ1n) is 5.58. The third kappa shape index (κ3) is 3.84. The lowest BCUT2D eigenvalue weighted by atomic mass is 10.2. The molecule has 0 aliphatic rings. The van der Waals surface area contributed by atoms with Crippen LogP contribution in [0.5, 0.6) is 0 Å². The van der Waals surface area contributed by atoms with Crippen molar-refractivity contribution in [1.29, 1.82) is 0 Å². The number of halogens is 2. The zero-order chi connectivity index (χ0) is 13.8. The van der Waals surface area contributed by atoms with Crippen LogP contribution in [0.2, 0.25) is 0 Å². The minimum absolute atomic E-state index is 0.131. The van der Waals surface area contributed by atoms with E-state index in [1.165, 1.54) is 0 Å². The van der Waals surface area contributed by atoms with E-state index in [2.05, 4.69) is 49.8 Å². The molecule has 0 aliphatic heterocycles. The molecule has 0 unspecified atom stereocenters. The molecule has 2 aromatic carbocycles. The summed E-state index contributed by atoms with van der Waals surface area (Å²) in [6.45, 7) is 0.476. The van der Waals surface area contributed by atoms with Crippen LogP contribution >= 0.6 is 44.5 Å². The number of rotatable bonds is 3. The Labute approximate surface area is 134 Å². The Bertz CT molecular complexity index is 616. The number of carbonyl (C=O) groups excluding carboxylic acids is 1. The van der Waals surface area contributed by atoms with Gasteiger partial charge in [0, 0.05) is 20.4 Å². The first kappa shape index (κ1) is 14.6. The van der Waals surface area contributed by atoms with Crippen LogP contribution in [0.15, 0.2) is 56.3 Å². The third-order valence-corrected chi connectivity index (χ3v) is 4.24. The highest BCUT2D eigenvalue weighted by atomic mass is 79.9. The standard InChI is InChI=1S/C14H11Br2NOS/c15-10-5-6-11(13(19)7-10)14(18)17-8-9-3-1-2-4-12(9)16/h1-7,19H,8H2,(H,17,18). The highest BCUT2D eigenvalue weighted by Crippen LogP contribution is 2.20. The van der Waals surface area contributed by atoms with E-state index in [9.17, 15) is 4.79 Å². The number of carbonyl (C=O) groups is 1. The van der Waals surface area contributed by atoms with Crippen LogP contribution in [-0.2, 0) is 6.54 Å². The normalized spacial score (nSPS) is 10.3. The molecular formula is C14H11Br2NOS. The lowest BCUT2D eigenvalue weighted by Gasteiger charge is -2.09. The second kappa shape index (κ2) is 6.59. The zero-order valence-corrected chi connectivity index (χ0v) is 13.9. The fourth-order valence-corrected chi connectivity index (χ4v) is 2.89. The molecule has 0 saturated carbocycles. The Hall–Kier alpha value is -0.780. The molecule has 19 heavy (non-hydrogen) atoms. The molecule has 0 bridgehead atoms. The summed E-state index contributed by atoms with van der Waals surface area (Å²) in [6, 6.07) is 13.2. The number of amides is 1. The van der Waals surface area contributed by atoms with Gasteiger partial charge >= 0.3 is 0 Å². The Morgan fingerprint density at radius 1 is 1.16 bits per heavy atom. The van der Waals surface area contributed by atoms with Gasteiger partial charge in [-0.3, -0.25) is 4.79 Å². The fourth-order valence-electron chi connectivity index (χ4n) is 1.61. The fraction of sp³-hybridized carbons (Fsp3) is 0.0714. The molecule has 0 fully saturated rings. The summed E-state index contributed by atoms with van der Waals surface area (Å²) < 4.78 is 1.89. The minimum atomic E-state index is -0.131. The monoisotopic (exact) mass is 399 g/mol. The molecule has 0 aromatic heterocycles. The Morgan fingerprint density at radius 3 is 2.58 bits per heavy atom. The van der Waals surface area contributed by atoms with Gasteiger partial charge in [0.05, 0.1) is 5.56 Å². The summed E-state index contributed by atoms with van der Waals surface area (Å²) in [5.74, 6) is -0.131. The maximum atomic E-state index is 12.1. The van der Waals surface area contributed by atoms with Crippen molar-refractivity contribution in [3.8, 4) is 0 Å². The molecule has 0 heterocycles. The second-order valence-electron chi connectivity index (χ2n) is 3.94. The molecule has 5 heteroatoms. The van der Waals surface area contributed by atoms with E-state index in [4.69, 9.17) is 0 Å². The van der Waals surface area contributed by atoms with Gasteiger partial charge in [-0.15, -0.1) is 12.6 Å². The molecule has 0 aliphatic carbocycles. The van der Waals surface area contributed by atoms with Gasteiger partial charge in [-0.2, -0.15) is 0 Å². The number of hydrogen-bond acceptors (Lipinski definition) is 2. The lowest BCUT2D eigenvalue weighted by molar-refractivity contribution is 0.0948. The smallest absolute Gasteiger partial charge is 0.252 e. The van der Waals surface area contributed by atoms with Crippen molar-refractivity contribution in [2.75, 3.05) is 0 Å². The predicted octanol–water partition coefficient (Wildman–Crippen LogP) is 4.43. The van der Waals surface area contributed by atoms with Gasteiger partial charge in [-0.1, -0.05) is 50.1 Å². The van der Waals surface area contributed by atoms with Gasteiger partial charge in [0.1, 0.15) is 0 Å². The number of nitrogens with one attached hydrogen (secondary N) is 1. The topological polar surface area (TPSA) is 29.1 Å². The first-order valence-corrected chi connectivity index (χ1v) is 7.61. The van der Waals surface area contributed by atoms with Gasteiger partial charge in [0.25, 0.3) is 5.91 Å². The predicted molar refractivity (Wildman–Crippen MR) is 86.7 cm³/mol. The van der Waals surface area contributed by atoms with Crippen LogP contribution < -0.4 is 5.32 Å². The van der Waals surface area contributed by atoms with Crippen molar-refractivity contribution >= 4 is 50.4 Å². The largest absolute Gasteiger partial charge is 0.348 e. The van der Waals surface area contributed by atoms with E-state index >= 15 is 0 Å². The minimum Gasteiger partial charge on any atom is -0.348 e. The van der Waals surface area contributed by atoms with E-state index in [-0.39, 0.29) is 5.91 Å². The zero-order valence-electron chi connectivity index (χ0n) is 9.86. The van der Waals surface area contributed by atoms with E-state index in [0.29, 0.717) is 17.0 Å². The van der Waals surface area contributed by atoms with E-state index in [0.717, 1.165) is 14.5 Å². The van der Waals surface area contributed by atoms with Gasteiger partial charge < -0.3 is 5.32 Å². The van der Waals surface area contributed by atoms with Gasteiger partial charge in [0.15, 0.2) is 0 Å². The summed E-state index contributed by atoms with van der Waals surface area (Å²) in [4.78, 5) is 12.7. The first-order chi connectivity index (χ1) is 9.08. The van der Waals surface area contributed by atoms with Gasteiger partial charge in [-0.25, -0.2) is 0 Å². The molecule has 0 spiro atoms.